The highest BCUT2D eigenvalue weighted by atomic mass is 35.5. The Morgan fingerprint density at radius 2 is 1.71 bits per heavy atom. The first kappa shape index (κ1) is 15.7. The van der Waals surface area contributed by atoms with Crippen molar-refractivity contribution in [1.29, 1.82) is 0 Å². The molecule has 2 rings (SSSR count). The van der Waals surface area contributed by atoms with Crippen molar-refractivity contribution in [3.05, 3.63) is 58.1 Å². The third-order valence-electron chi connectivity index (χ3n) is 2.92. The molecule has 6 heteroatoms. The molecule has 2 nitrogen and oxygen atoms in total. The van der Waals surface area contributed by atoms with Gasteiger partial charge in [0, 0.05) is 5.02 Å². The molecule has 0 amide bonds. The van der Waals surface area contributed by atoms with Gasteiger partial charge in [0.1, 0.15) is 11.5 Å². The van der Waals surface area contributed by atoms with Crippen LogP contribution in [0.1, 0.15) is 16.7 Å². The van der Waals surface area contributed by atoms with Crippen LogP contribution in [-0.2, 0) is 12.8 Å². The minimum absolute atomic E-state index is 0.0428. The van der Waals surface area contributed by atoms with E-state index >= 15 is 0 Å². The summed E-state index contributed by atoms with van der Waals surface area (Å²) < 4.78 is 44.1. The highest BCUT2D eigenvalue weighted by Gasteiger charge is 2.33. The van der Waals surface area contributed by atoms with Crippen molar-refractivity contribution in [2.45, 2.75) is 19.7 Å². The lowest BCUT2D eigenvalue weighted by atomic mass is 10.1. The third kappa shape index (κ3) is 3.68. The number of ether oxygens (including phenoxy) is 1. The fourth-order valence-corrected chi connectivity index (χ4v) is 1.96. The molecule has 0 bridgehead atoms. The van der Waals surface area contributed by atoms with Gasteiger partial charge >= 0.3 is 6.18 Å². The minimum atomic E-state index is -4.55. The summed E-state index contributed by atoms with van der Waals surface area (Å²) in [6.07, 6.45) is -4.55. The van der Waals surface area contributed by atoms with Crippen LogP contribution in [0, 0.1) is 6.92 Å². The number of rotatable bonds is 3. The van der Waals surface area contributed by atoms with E-state index < -0.39 is 18.3 Å². The second kappa shape index (κ2) is 5.95. The van der Waals surface area contributed by atoms with Crippen LogP contribution in [0.25, 0.3) is 0 Å². The Labute approximate surface area is 124 Å². The lowest BCUT2D eigenvalue weighted by Gasteiger charge is -2.14. The number of aliphatic hydroxyl groups excluding tert-OH is 1. The minimum Gasteiger partial charge on any atom is -0.457 e. The Bertz CT molecular complexity index is 654. The van der Waals surface area contributed by atoms with E-state index in [9.17, 15) is 13.2 Å². The Morgan fingerprint density at radius 3 is 2.29 bits per heavy atom. The van der Waals surface area contributed by atoms with Crippen molar-refractivity contribution in [3.8, 4) is 11.5 Å². The van der Waals surface area contributed by atoms with E-state index in [1.165, 1.54) is 12.1 Å². The van der Waals surface area contributed by atoms with Crippen molar-refractivity contribution < 1.29 is 23.0 Å². The van der Waals surface area contributed by atoms with Crippen LogP contribution < -0.4 is 4.74 Å². The molecule has 0 aliphatic carbocycles. The number of hydrogen-bond acceptors (Lipinski definition) is 2. The largest absolute Gasteiger partial charge is 0.457 e. The van der Waals surface area contributed by atoms with Crippen LogP contribution in [-0.4, -0.2) is 5.11 Å². The average molecular weight is 317 g/mol. The van der Waals surface area contributed by atoms with Crippen molar-refractivity contribution in [2.75, 3.05) is 0 Å². The molecule has 0 aliphatic rings. The average Bonchev–Trinajstić information content (AvgIpc) is 2.42. The van der Waals surface area contributed by atoms with Gasteiger partial charge in [-0.15, -0.1) is 0 Å². The lowest BCUT2D eigenvalue weighted by molar-refractivity contribution is -0.138. The summed E-state index contributed by atoms with van der Waals surface area (Å²) in [5.74, 6) is 0.433. The summed E-state index contributed by atoms with van der Waals surface area (Å²) in [4.78, 5) is 0. The van der Waals surface area contributed by atoms with E-state index in [-0.39, 0.29) is 11.3 Å². The second-order valence-corrected chi connectivity index (χ2v) is 4.90. The number of aliphatic hydroxyl groups is 1. The summed E-state index contributed by atoms with van der Waals surface area (Å²) in [7, 11) is 0. The van der Waals surface area contributed by atoms with Crippen molar-refractivity contribution in [2.24, 2.45) is 0 Å². The molecule has 0 unspecified atom stereocenters. The van der Waals surface area contributed by atoms with Crippen molar-refractivity contribution >= 4 is 11.6 Å². The maximum absolute atomic E-state index is 12.9. The van der Waals surface area contributed by atoms with Crippen LogP contribution in [0.5, 0.6) is 11.5 Å². The van der Waals surface area contributed by atoms with Gasteiger partial charge in [-0.05, 0) is 48.4 Å². The monoisotopic (exact) mass is 316 g/mol. The van der Waals surface area contributed by atoms with E-state index in [2.05, 4.69) is 0 Å². The van der Waals surface area contributed by atoms with Crippen LogP contribution in [0.2, 0.25) is 5.02 Å². The Hall–Kier alpha value is -1.72. The van der Waals surface area contributed by atoms with E-state index in [0.717, 1.165) is 11.6 Å². The quantitative estimate of drug-likeness (QED) is 0.868. The normalized spacial score (nSPS) is 11.5. The summed E-state index contributed by atoms with van der Waals surface area (Å²) in [5, 5.41) is 9.52. The number of aryl methyl sites for hydroxylation is 1. The molecule has 0 atom stereocenters. The smallest absolute Gasteiger partial charge is 0.416 e. The molecule has 0 saturated heterocycles. The first-order chi connectivity index (χ1) is 9.81. The van der Waals surface area contributed by atoms with Crippen LogP contribution in [0.4, 0.5) is 13.2 Å². The topological polar surface area (TPSA) is 29.5 Å². The van der Waals surface area contributed by atoms with Crippen LogP contribution in [0.3, 0.4) is 0 Å². The highest BCUT2D eigenvalue weighted by molar-refractivity contribution is 6.31. The molecule has 2 aromatic carbocycles. The maximum Gasteiger partial charge on any atom is 0.416 e. The van der Waals surface area contributed by atoms with Crippen molar-refractivity contribution in [1.82, 2.24) is 0 Å². The zero-order valence-electron chi connectivity index (χ0n) is 11.0. The summed E-state index contributed by atoms with van der Waals surface area (Å²) in [5.41, 5.74) is -0.340. The van der Waals surface area contributed by atoms with Gasteiger partial charge in [0.2, 0.25) is 0 Å². The fraction of sp³-hybridized carbons (Fsp3) is 0.200. The van der Waals surface area contributed by atoms with E-state index in [1.807, 2.05) is 0 Å². The number of hydrogen-bond donors (Lipinski definition) is 1. The van der Waals surface area contributed by atoms with Crippen molar-refractivity contribution in [3.63, 3.8) is 0 Å². The number of halogens is 4. The first-order valence-corrected chi connectivity index (χ1v) is 6.44. The van der Waals surface area contributed by atoms with Gasteiger partial charge in [-0.3, -0.25) is 0 Å². The van der Waals surface area contributed by atoms with E-state index in [0.29, 0.717) is 10.8 Å². The molecule has 0 heterocycles. The van der Waals surface area contributed by atoms with E-state index in [1.54, 1.807) is 25.1 Å². The number of alkyl halides is 3. The van der Waals surface area contributed by atoms with Gasteiger partial charge in [-0.1, -0.05) is 17.7 Å². The second-order valence-electron chi connectivity index (χ2n) is 4.49. The fourth-order valence-electron chi connectivity index (χ4n) is 1.84. The predicted molar refractivity (Wildman–Crippen MR) is 73.6 cm³/mol. The van der Waals surface area contributed by atoms with Gasteiger partial charge in [0.15, 0.2) is 0 Å². The van der Waals surface area contributed by atoms with Crippen LogP contribution in [0.15, 0.2) is 36.4 Å². The van der Waals surface area contributed by atoms with Gasteiger partial charge < -0.3 is 9.84 Å². The summed E-state index contributed by atoms with van der Waals surface area (Å²) in [6.45, 7) is 1.08. The molecule has 2 aromatic rings. The summed E-state index contributed by atoms with van der Waals surface area (Å²) in [6, 6.07) is 8.26. The van der Waals surface area contributed by atoms with E-state index in [4.69, 9.17) is 21.4 Å². The Kier molecular flexibility index (Phi) is 4.44. The van der Waals surface area contributed by atoms with Gasteiger partial charge in [-0.2, -0.15) is 13.2 Å². The molecule has 0 spiro atoms. The molecule has 0 fully saturated rings. The molecule has 0 radical (unpaired) electrons. The molecule has 0 aliphatic heterocycles. The molecular weight excluding hydrogens is 305 g/mol. The lowest BCUT2D eigenvalue weighted by Crippen LogP contribution is -2.09. The molecule has 112 valence electrons. The van der Waals surface area contributed by atoms with Gasteiger partial charge in [-0.25, -0.2) is 0 Å². The molecular formula is C15H12ClF3O2. The molecule has 21 heavy (non-hydrogen) atoms. The zero-order valence-corrected chi connectivity index (χ0v) is 11.8. The van der Waals surface area contributed by atoms with Crippen LogP contribution >= 0.6 is 11.6 Å². The SMILES string of the molecule is Cc1cc(Oc2ccc(CO)c(C(F)(F)F)c2)ccc1Cl. The standard InChI is InChI=1S/C15H12ClF3O2/c1-9-6-11(4-5-14(9)16)21-12-3-2-10(8-20)13(7-12)15(17,18)19/h2-7,20H,8H2,1H3. The molecule has 0 saturated carbocycles. The first-order valence-electron chi connectivity index (χ1n) is 6.06. The molecule has 0 aromatic heterocycles. The maximum atomic E-state index is 12.9. The Balaban J connectivity index is 2.34. The zero-order chi connectivity index (χ0) is 15.6. The Morgan fingerprint density at radius 1 is 1.10 bits per heavy atom. The molecule has 1 N–H and O–H groups in total. The van der Waals surface area contributed by atoms with Gasteiger partial charge in [0.05, 0.1) is 12.2 Å². The summed E-state index contributed by atoms with van der Waals surface area (Å²) >= 11 is 5.88. The highest BCUT2D eigenvalue weighted by Crippen LogP contribution is 2.36. The number of benzene rings is 2. The predicted octanol–water partition coefficient (Wildman–Crippen LogP) is 4.95. The van der Waals surface area contributed by atoms with Gasteiger partial charge in [0.25, 0.3) is 0 Å². The third-order valence-corrected chi connectivity index (χ3v) is 3.35.